The van der Waals surface area contributed by atoms with Crippen molar-refractivity contribution in [1.29, 1.82) is 0 Å². The molecule has 0 aromatic rings. The predicted molar refractivity (Wildman–Crippen MR) is 106 cm³/mol. The van der Waals surface area contributed by atoms with Crippen molar-refractivity contribution in [2.24, 2.45) is 11.8 Å². The molecule has 2 bridgehead atoms. The third kappa shape index (κ3) is 7.20. The smallest absolute Gasteiger partial charge is 0.234 e. The van der Waals surface area contributed by atoms with Gasteiger partial charge in [-0.25, -0.2) is 8.42 Å². The number of sulfonamides is 1. The lowest BCUT2D eigenvalue weighted by Crippen LogP contribution is -2.31. The fourth-order valence-corrected chi connectivity index (χ4v) is 4.54. The van der Waals surface area contributed by atoms with E-state index < -0.39 is 15.9 Å². The van der Waals surface area contributed by atoms with Crippen molar-refractivity contribution in [3.05, 3.63) is 12.2 Å². The molecule has 156 valence electrons. The Balaban J connectivity index is 1.66. The molecule has 2 saturated heterocycles. The summed E-state index contributed by atoms with van der Waals surface area (Å²) in [6, 6.07) is 0. The molecule has 6 nitrogen and oxygen atoms in total. The molecule has 27 heavy (non-hydrogen) atoms. The van der Waals surface area contributed by atoms with E-state index in [9.17, 15) is 13.2 Å². The van der Waals surface area contributed by atoms with Gasteiger partial charge in [-0.1, -0.05) is 25.5 Å². The Morgan fingerprint density at radius 2 is 1.89 bits per heavy atom. The second-order valence-corrected chi connectivity index (χ2v) is 9.59. The number of rotatable bonds is 13. The van der Waals surface area contributed by atoms with Gasteiger partial charge in [-0.05, 0) is 51.4 Å². The van der Waals surface area contributed by atoms with Crippen molar-refractivity contribution >= 4 is 15.9 Å². The predicted octanol–water partition coefficient (Wildman–Crippen LogP) is 3.18. The minimum atomic E-state index is -3.44. The first-order chi connectivity index (χ1) is 13.0. The van der Waals surface area contributed by atoms with Crippen LogP contribution in [-0.2, 0) is 24.3 Å². The highest BCUT2D eigenvalue weighted by Gasteiger charge is 2.48. The van der Waals surface area contributed by atoms with Crippen LogP contribution in [0.1, 0.15) is 65.2 Å². The lowest BCUT2D eigenvalue weighted by atomic mass is 9.78. The Labute approximate surface area is 164 Å². The van der Waals surface area contributed by atoms with Gasteiger partial charge >= 0.3 is 0 Å². The highest BCUT2D eigenvalue weighted by atomic mass is 32.2. The summed E-state index contributed by atoms with van der Waals surface area (Å²) in [4.78, 5) is 11.6. The van der Waals surface area contributed by atoms with Crippen molar-refractivity contribution in [3.63, 3.8) is 0 Å². The first-order valence-electron chi connectivity index (χ1n) is 10.4. The summed E-state index contributed by atoms with van der Waals surface area (Å²) in [5, 5.41) is 0. The number of carbonyl (C=O) groups excluding carboxylic acids is 1. The molecule has 1 amide bonds. The molecule has 2 aliphatic heterocycles. The van der Waals surface area contributed by atoms with E-state index in [4.69, 9.17) is 9.47 Å². The van der Waals surface area contributed by atoms with Crippen molar-refractivity contribution < 1.29 is 22.7 Å². The highest BCUT2D eigenvalue weighted by Crippen LogP contribution is 2.45. The van der Waals surface area contributed by atoms with E-state index in [1.165, 1.54) is 6.92 Å². The Hall–Kier alpha value is -0.920. The van der Waals surface area contributed by atoms with Gasteiger partial charge in [-0.15, -0.1) is 0 Å². The topological polar surface area (TPSA) is 81.7 Å². The van der Waals surface area contributed by atoms with E-state index in [0.29, 0.717) is 30.5 Å². The minimum Gasteiger partial charge on any atom is -0.381 e. The van der Waals surface area contributed by atoms with Crippen LogP contribution in [0.2, 0.25) is 0 Å². The zero-order chi connectivity index (χ0) is 19.7. The number of hydrogen-bond donors (Lipinski definition) is 1. The summed E-state index contributed by atoms with van der Waals surface area (Å²) >= 11 is 0. The van der Waals surface area contributed by atoms with E-state index in [-0.39, 0.29) is 12.2 Å². The van der Waals surface area contributed by atoms with Gasteiger partial charge in [0.25, 0.3) is 0 Å². The van der Waals surface area contributed by atoms with Crippen LogP contribution in [-0.4, -0.2) is 45.5 Å². The molecule has 1 N–H and O–H groups in total. The van der Waals surface area contributed by atoms with Crippen molar-refractivity contribution in [1.82, 2.24) is 4.72 Å². The second-order valence-electron chi connectivity index (χ2n) is 7.57. The van der Waals surface area contributed by atoms with Crippen LogP contribution >= 0.6 is 0 Å². The van der Waals surface area contributed by atoms with Gasteiger partial charge < -0.3 is 9.47 Å². The molecule has 7 heteroatoms. The molecule has 2 fully saturated rings. The molecule has 2 heterocycles. The Kier molecular flexibility index (Phi) is 9.26. The van der Waals surface area contributed by atoms with E-state index in [1.807, 2.05) is 0 Å². The van der Waals surface area contributed by atoms with Gasteiger partial charge in [0.15, 0.2) is 0 Å². The summed E-state index contributed by atoms with van der Waals surface area (Å²) in [7, 11) is -3.44. The Morgan fingerprint density at radius 1 is 1.15 bits per heavy atom. The van der Waals surface area contributed by atoms with Crippen LogP contribution in [0.15, 0.2) is 12.2 Å². The molecule has 2 rings (SSSR count). The third-order valence-corrected chi connectivity index (χ3v) is 6.84. The summed E-state index contributed by atoms with van der Waals surface area (Å²) in [5.74, 6) is 0.527. The number of hydrogen-bond acceptors (Lipinski definition) is 5. The summed E-state index contributed by atoms with van der Waals surface area (Å²) in [6.07, 6.45) is 12.2. The Bertz CT molecular complexity index is 589. The molecule has 0 saturated carbocycles. The van der Waals surface area contributed by atoms with Crippen molar-refractivity contribution in [3.8, 4) is 0 Å². The number of allylic oxidation sites excluding steroid dienone is 2. The first-order valence-corrected chi connectivity index (χ1v) is 12.0. The molecular weight excluding hydrogens is 366 g/mol. The second kappa shape index (κ2) is 11.2. The third-order valence-electron chi connectivity index (χ3n) is 5.54. The minimum absolute atomic E-state index is 0.0758. The number of fused-ring (bicyclic) bond motifs is 2. The quantitative estimate of drug-likeness (QED) is 0.379. The zero-order valence-electron chi connectivity index (χ0n) is 16.7. The molecule has 4 atom stereocenters. The lowest BCUT2D eigenvalue weighted by molar-refractivity contribution is -0.119. The summed E-state index contributed by atoms with van der Waals surface area (Å²) < 4.78 is 36.7. The van der Waals surface area contributed by atoms with Gasteiger partial charge in [-0.3, -0.25) is 9.52 Å². The van der Waals surface area contributed by atoms with Crippen LogP contribution in [0.3, 0.4) is 0 Å². The standard InChI is InChI=1S/C20H35NO5S/c1-3-5-14-25-15-17-16(18-12-13-19(17)26-18)10-8-6-7-9-11-20(22)21-27(23,24)4-2/h6,8,16-19H,3-5,7,9-15H2,1-2H3,(H,21,22)/t16-,17+,18-,19+/m1/s1. The van der Waals surface area contributed by atoms with Crippen LogP contribution in [0.5, 0.6) is 0 Å². The Morgan fingerprint density at radius 3 is 2.59 bits per heavy atom. The van der Waals surface area contributed by atoms with Crippen molar-refractivity contribution in [2.75, 3.05) is 19.0 Å². The number of carbonyl (C=O) groups is 1. The summed E-state index contributed by atoms with van der Waals surface area (Å²) in [5.41, 5.74) is 0. The normalized spacial score (nSPS) is 27.5. The molecular formula is C20H35NO5S. The van der Waals surface area contributed by atoms with E-state index in [0.717, 1.165) is 51.7 Å². The average Bonchev–Trinajstić information content (AvgIpc) is 3.23. The van der Waals surface area contributed by atoms with Gasteiger partial charge in [0, 0.05) is 18.9 Å². The van der Waals surface area contributed by atoms with Crippen LogP contribution in [0.4, 0.5) is 0 Å². The molecule has 0 spiro atoms. The SMILES string of the molecule is CCCCOC[C@H]1[C@@H](CC=CCCCC(=O)NS(=O)(=O)CC)[C@H]2CC[C@@H]1O2. The van der Waals surface area contributed by atoms with E-state index in [2.05, 4.69) is 23.8 Å². The summed E-state index contributed by atoms with van der Waals surface area (Å²) in [6.45, 7) is 5.32. The first kappa shape index (κ1) is 22.4. The monoisotopic (exact) mass is 401 g/mol. The van der Waals surface area contributed by atoms with Crippen LogP contribution < -0.4 is 4.72 Å². The van der Waals surface area contributed by atoms with Gasteiger partial charge in [0.1, 0.15) is 0 Å². The largest absolute Gasteiger partial charge is 0.381 e. The number of ether oxygens (including phenoxy) is 2. The maximum Gasteiger partial charge on any atom is 0.234 e. The van der Waals surface area contributed by atoms with Crippen LogP contribution in [0, 0.1) is 11.8 Å². The number of nitrogens with one attached hydrogen (secondary N) is 1. The zero-order valence-corrected chi connectivity index (χ0v) is 17.5. The average molecular weight is 402 g/mol. The number of amides is 1. The fraction of sp³-hybridized carbons (Fsp3) is 0.850. The van der Waals surface area contributed by atoms with E-state index in [1.54, 1.807) is 0 Å². The maximum atomic E-state index is 11.6. The van der Waals surface area contributed by atoms with Crippen LogP contribution in [0.25, 0.3) is 0 Å². The molecule has 0 aromatic heterocycles. The van der Waals surface area contributed by atoms with Gasteiger partial charge in [0.05, 0.1) is 24.6 Å². The molecule has 2 aliphatic rings. The van der Waals surface area contributed by atoms with E-state index >= 15 is 0 Å². The fourth-order valence-electron chi connectivity index (χ4n) is 3.94. The lowest BCUT2D eigenvalue weighted by Gasteiger charge is -2.27. The van der Waals surface area contributed by atoms with Gasteiger partial charge in [-0.2, -0.15) is 0 Å². The molecule has 0 aliphatic carbocycles. The molecule has 0 unspecified atom stereocenters. The number of unbranched alkanes of at least 4 members (excludes halogenated alkanes) is 2. The van der Waals surface area contributed by atoms with Gasteiger partial charge in [0.2, 0.25) is 15.9 Å². The maximum absolute atomic E-state index is 11.6. The molecule has 0 radical (unpaired) electrons. The highest BCUT2D eigenvalue weighted by molar-refractivity contribution is 7.90. The van der Waals surface area contributed by atoms with Crippen molar-refractivity contribution in [2.45, 2.75) is 77.4 Å². The molecule has 0 aromatic carbocycles.